The van der Waals surface area contributed by atoms with Gasteiger partial charge in [-0.15, -0.1) is 6.58 Å². The van der Waals surface area contributed by atoms with Crippen LogP contribution in [0.4, 0.5) is 0 Å². The van der Waals surface area contributed by atoms with Gasteiger partial charge in [0.15, 0.2) is 18.4 Å². The Hall–Kier alpha value is -3.63. The number of hydrogen-bond acceptors (Lipinski definition) is 18. The van der Waals surface area contributed by atoms with E-state index >= 15 is 0 Å². The number of allylic oxidation sites excluding steroid dienone is 1. The van der Waals surface area contributed by atoms with Gasteiger partial charge in [-0.2, -0.15) is 0 Å². The van der Waals surface area contributed by atoms with Gasteiger partial charge in [0.1, 0.15) is 18.3 Å². The average Bonchev–Trinajstić information content (AvgIpc) is 3.67. The molecule has 0 spiro atoms. The number of carboxylic acid groups (broad SMARTS) is 1. The molecule has 21 heteroatoms. The number of fused-ring (bicyclic) bond motifs is 8. The van der Waals surface area contributed by atoms with E-state index in [2.05, 4.69) is 34.0 Å². The fraction of sp³-hybridized carbons (Fsp3) is 0.625. The summed E-state index contributed by atoms with van der Waals surface area (Å²) in [5, 5.41) is 79.0. The van der Waals surface area contributed by atoms with Crippen LogP contribution in [-0.2, 0) is 33.3 Å². The number of nitrogens with one attached hydrogen (secondary N) is 2. The van der Waals surface area contributed by atoms with E-state index in [9.17, 15) is 45.3 Å². The molecule has 0 unspecified atom stereocenters. The summed E-state index contributed by atoms with van der Waals surface area (Å²) in [7, 11) is 4.67. The Balaban J connectivity index is 1.52. The Kier molecular flexibility index (Phi) is 16.3. The van der Waals surface area contributed by atoms with E-state index in [1.54, 1.807) is 28.8 Å². The zero-order chi connectivity index (χ0) is 43.8. The number of ether oxygens (including phenoxy) is 5. The first-order valence-electron chi connectivity index (χ1n) is 20.1. The standard InChI is InChI=1S/C40H55N5O14S2/c1-3-24-31-21-7-5-10-30(27(16-47)45-14-23(13-21)32(25(15-45)35(50)51)44-39(41)43-11-6-12-46)61-60-19-22-8-4-9-28(22)57-36(52)26(31)18-55-37(24)59-38-34(56-20-42-2)40(53,54)33(49)29(17-48)58-38/h3,13,15,18,22,24,27-31,33-34,37-38,42,46-49,53-54H,1,4,6,8-12,14,16-17,19-20H2,2H3,(H,50,51)(H3,41,43,44)/b21-13+/t22-,24+,27-,28+,29+,30-,31-,33+,34-,37-,38-/m0/s1. The third kappa shape index (κ3) is 10.4. The molecule has 1 aliphatic carbocycles. The maximum absolute atomic E-state index is 14.4. The number of carbonyl (C=O) groups is 2. The second-order valence-electron chi connectivity index (χ2n) is 15.3. The highest BCUT2D eigenvalue weighted by Gasteiger charge is 2.57. The topological polar surface area (TPSA) is 288 Å². The van der Waals surface area contributed by atoms with Gasteiger partial charge < -0.3 is 75.4 Å². The van der Waals surface area contributed by atoms with Crippen LogP contribution in [0.1, 0.15) is 32.1 Å². The van der Waals surface area contributed by atoms with Crippen molar-refractivity contribution in [2.75, 3.05) is 52.4 Å². The van der Waals surface area contributed by atoms with Gasteiger partial charge in [0, 0.05) is 60.7 Å². The van der Waals surface area contributed by atoms with E-state index in [0.29, 0.717) is 29.7 Å². The maximum atomic E-state index is 14.4. The lowest BCUT2D eigenvalue weighted by Crippen LogP contribution is -2.69. The molecule has 0 radical (unpaired) electrons. The van der Waals surface area contributed by atoms with Crippen molar-refractivity contribution in [1.29, 1.82) is 0 Å². The first-order valence-corrected chi connectivity index (χ1v) is 22.5. The van der Waals surface area contributed by atoms with Crippen molar-refractivity contribution in [3.63, 3.8) is 0 Å². The van der Waals surface area contributed by atoms with Crippen molar-refractivity contribution in [3.8, 4) is 11.8 Å². The van der Waals surface area contributed by atoms with Gasteiger partial charge in [-0.05, 0) is 44.4 Å². The number of aliphatic carboxylic acids is 1. The summed E-state index contributed by atoms with van der Waals surface area (Å²) < 4.78 is 30.1. The molecule has 2 fully saturated rings. The molecule has 5 heterocycles. The second-order valence-corrected chi connectivity index (χ2v) is 18.0. The number of esters is 1. The number of nitrogens with two attached hydrogens (primary N) is 1. The Labute approximate surface area is 361 Å². The van der Waals surface area contributed by atoms with Gasteiger partial charge >= 0.3 is 11.9 Å². The van der Waals surface area contributed by atoms with Gasteiger partial charge in [0.05, 0.1) is 55.0 Å². The first kappa shape index (κ1) is 46.9. The summed E-state index contributed by atoms with van der Waals surface area (Å²) in [4.78, 5) is 33.5. The molecule has 0 aromatic rings. The molecule has 336 valence electrons. The quantitative estimate of drug-likeness (QED) is 0.0155. The van der Waals surface area contributed by atoms with Gasteiger partial charge in [-0.25, -0.2) is 9.59 Å². The lowest BCUT2D eigenvalue weighted by Gasteiger charge is -2.47. The highest BCUT2D eigenvalue weighted by Crippen LogP contribution is 2.44. The summed E-state index contributed by atoms with van der Waals surface area (Å²) in [6.07, 6.45) is -0.0537. The zero-order valence-corrected chi connectivity index (χ0v) is 35.3. The summed E-state index contributed by atoms with van der Waals surface area (Å²) in [5.74, 6) is 0.0926. The Bertz CT molecular complexity index is 1850. The van der Waals surface area contributed by atoms with Crippen LogP contribution in [-0.4, -0.2) is 165 Å². The molecule has 11 N–H and O–H groups in total. The van der Waals surface area contributed by atoms with Crippen molar-refractivity contribution in [3.05, 3.63) is 59.2 Å². The molecule has 0 amide bonds. The SMILES string of the molecule is C=C[C@H]1[C@H](O[C@@H]2O[C@H](CO)[C@@H](O)C(O)(O)[C@H]2OCNC)OC=C2C(=O)O[C@@H]3CCC[C@H]3CSS[C@H]3CC#C/C(=C\C4=C(NC(N)=NCCCO)C(C(=O)O)=CN(C4)[C@H]3CO)[C@H]21. The zero-order valence-electron chi connectivity index (χ0n) is 33.6. The second kappa shape index (κ2) is 21.2. The third-order valence-electron chi connectivity index (χ3n) is 11.4. The molecule has 11 atom stereocenters. The number of nitrogens with zero attached hydrogens (tertiary/aromatic N) is 2. The molecule has 0 aromatic carbocycles. The minimum absolute atomic E-state index is 0.0349. The van der Waals surface area contributed by atoms with Gasteiger partial charge in [-0.3, -0.25) is 10.3 Å². The predicted octanol–water partition coefficient (Wildman–Crippen LogP) is -1.02. The largest absolute Gasteiger partial charge is 0.478 e. The fourth-order valence-electron chi connectivity index (χ4n) is 8.19. The molecule has 1 saturated heterocycles. The summed E-state index contributed by atoms with van der Waals surface area (Å²) >= 11 is 0. The van der Waals surface area contributed by atoms with Crippen molar-refractivity contribution >= 4 is 39.5 Å². The van der Waals surface area contributed by atoms with E-state index in [4.69, 9.17) is 29.4 Å². The average molecular weight is 894 g/mol. The molecule has 0 aromatic heterocycles. The predicted molar refractivity (Wildman–Crippen MR) is 222 cm³/mol. The van der Waals surface area contributed by atoms with Gasteiger partial charge in [-0.1, -0.05) is 39.5 Å². The molecular weight excluding hydrogens is 839 g/mol. The molecule has 6 aliphatic rings. The van der Waals surface area contributed by atoms with Crippen molar-refractivity contribution in [2.45, 2.75) is 86.2 Å². The lowest BCUT2D eigenvalue weighted by atomic mass is 9.77. The molecule has 19 nitrogen and oxygen atoms in total. The smallest absolute Gasteiger partial charge is 0.339 e. The minimum atomic E-state index is -2.97. The summed E-state index contributed by atoms with van der Waals surface area (Å²) in [5.41, 5.74) is 6.88. The van der Waals surface area contributed by atoms with Crippen LogP contribution in [0.5, 0.6) is 0 Å². The first-order chi connectivity index (χ1) is 29.4. The van der Waals surface area contributed by atoms with Crippen molar-refractivity contribution < 1.29 is 69.0 Å². The summed E-state index contributed by atoms with van der Waals surface area (Å²) in [6, 6.07) is -0.564. The van der Waals surface area contributed by atoms with Crippen LogP contribution in [0.3, 0.4) is 0 Å². The summed E-state index contributed by atoms with van der Waals surface area (Å²) in [6.45, 7) is 2.80. The van der Waals surface area contributed by atoms with Crippen molar-refractivity contribution in [1.82, 2.24) is 15.5 Å². The van der Waals surface area contributed by atoms with Crippen LogP contribution in [0.25, 0.3) is 0 Å². The van der Waals surface area contributed by atoms with E-state index in [1.807, 2.05) is 0 Å². The Morgan fingerprint density at radius 1 is 1.23 bits per heavy atom. The molecule has 1 saturated carbocycles. The van der Waals surface area contributed by atoms with E-state index in [1.165, 1.54) is 29.3 Å². The highest BCUT2D eigenvalue weighted by molar-refractivity contribution is 8.77. The number of guanidine groups is 1. The normalized spacial score (nSPS) is 34.8. The molecule has 61 heavy (non-hydrogen) atoms. The molecule has 4 bridgehead atoms. The number of aliphatic hydroxyl groups excluding tert-OH is 4. The number of rotatable bonds is 13. The third-order valence-corrected chi connectivity index (χ3v) is 14.4. The van der Waals surface area contributed by atoms with Crippen LogP contribution >= 0.6 is 21.6 Å². The van der Waals surface area contributed by atoms with Crippen molar-refractivity contribution in [2.24, 2.45) is 28.5 Å². The number of aliphatic hydroxyl groups is 6. The number of aliphatic imine (C=N–C) groups is 1. The lowest BCUT2D eigenvalue weighted by molar-refractivity contribution is -0.410. The van der Waals surface area contributed by atoms with Gasteiger partial charge in [0.2, 0.25) is 12.1 Å². The Morgan fingerprint density at radius 3 is 2.74 bits per heavy atom. The monoisotopic (exact) mass is 893 g/mol. The highest BCUT2D eigenvalue weighted by atomic mass is 33.1. The number of hydrogen-bond donors (Lipinski definition) is 10. The van der Waals surface area contributed by atoms with E-state index < -0.39 is 79.2 Å². The van der Waals surface area contributed by atoms with Crippen LogP contribution in [0, 0.1) is 29.6 Å². The number of carbonyl (C=O) groups excluding carboxylic acids is 1. The molecule has 5 aliphatic heterocycles. The molecular formula is C40H55N5O14S2. The van der Waals surface area contributed by atoms with Crippen LogP contribution in [0.2, 0.25) is 0 Å². The Morgan fingerprint density at radius 2 is 2.03 bits per heavy atom. The number of carboxylic acids is 1. The minimum Gasteiger partial charge on any atom is -0.478 e. The fourth-order valence-corrected chi connectivity index (χ4v) is 11.4. The van der Waals surface area contributed by atoms with Crippen LogP contribution in [0.15, 0.2) is 64.2 Å². The van der Waals surface area contributed by atoms with Gasteiger partial charge in [0.25, 0.3) is 0 Å². The molecule has 6 rings (SSSR count). The van der Waals surface area contributed by atoms with E-state index in [0.717, 1.165) is 12.8 Å². The maximum Gasteiger partial charge on any atom is 0.339 e. The van der Waals surface area contributed by atoms with E-state index in [-0.39, 0.29) is 73.4 Å². The van der Waals surface area contributed by atoms with Crippen LogP contribution < -0.4 is 16.4 Å².